The molecule has 1 amide bonds. The number of carbonyl (C=O) groups is 3. The fourth-order valence-corrected chi connectivity index (χ4v) is 3.77. The minimum atomic E-state index is -1.07. The quantitative estimate of drug-likeness (QED) is 0.490. The topological polar surface area (TPSA) is 74.7 Å². The van der Waals surface area contributed by atoms with E-state index >= 15 is 0 Å². The number of aldehydes is 1. The number of thiocarbonyl (C=S) groups is 1. The molecule has 26 heavy (non-hydrogen) atoms. The van der Waals surface area contributed by atoms with Gasteiger partial charge in [0.25, 0.3) is 5.91 Å². The first-order valence-corrected chi connectivity index (χ1v) is 8.80. The molecule has 130 valence electrons. The van der Waals surface area contributed by atoms with Gasteiger partial charge >= 0.3 is 5.97 Å². The number of carboxylic acid groups (broad SMARTS) is 1. The maximum atomic E-state index is 12.8. The number of thioether (sulfide) groups is 1. The van der Waals surface area contributed by atoms with Crippen molar-refractivity contribution in [2.24, 2.45) is 0 Å². The van der Waals surface area contributed by atoms with E-state index in [4.69, 9.17) is 12.2 Å². The number of aryl methyl sites for hydroxylation is 1. The highest BCUT2D eigenvalue weighted by Gasteiger charge is 2.34. The van der Waals surface area contributed by atoms with Crippen molar-refractivity contribution in [1.29, 1.82) is 0 Å². The molecule has 1 fully saturated rings. The van der Waals surface area contributed by atoms with Gasteiger partial charge < -0.3 is 5.11 Å². The summed E-state index contributed by atoms with van der Waals surface area (Å²) in [5.74, 6) is -1.37. The van der Waals surface area contributed by atoms with Crippen molar-refractivity contribution in [3.63, 3.8) is 0 Å². The number of carboxylic acids is 1. The first-order chi connectivity index (χ1) is 12.4. The van der Waals surface area contributed by atoms with Gasteiger partial charge in [0, 0.05) is 5.56 Å². The summed E-state index contributed by atoms with van der Waals surface area (Å²) in [6.07, 6.45) is 2.45. The van der Waals surface area contributed by atoms with Crippen LogP contribution in [0.5, 0.6) is 0 Å². The average molecular weight is 383 g/mol. The minimum Gasteiger partial charge on any atom is -0.478 e. The maximum absolute atomic E-state index is 12.8. The highest BCUT2D eigenvalue weighted by molar-refractivity contribution is 8.27. The lowest BCUT2D eigenvalue weighted by molar-refractivity contribution is -0.113. The third-order valence-corrected chi connectivity index (χ3v) is 5.16. The molecule has 0 atom stereocenters. The smallest absolute Gasteiger partial charge is 0.335 e. The molecule has 0 bridgehead atoms. The fourth-order valence-electron chi connectivity index (χ4n) is 2.48. The molecule has 0 radical (unpaired) electrons. The Hall–Kier alpha value is -2.77. The molecule has 0 aliphatic carbocycles. The number of aromatic carboxylic acids is 1. The number of carbonyl (C=O) groups excluding carboxylic acids is 2. The Labute approximate surface area is 159 Å². The predicted octanol–water partition coefficient (Wildman–Crippen LogP) is 3.91. The highest BCUT2D eigenvalue weighted by Crippen LogP contribution is 2.37. The van der Waals surface area contributed by atoms with Crippen LogP contribution in [-0.4, -0.2) is 27.6 Å². The summed E-state index contributed by atoms with van der Waals surface area (Å²) in [6, 6.07) is 11.4. The van der Waals surface area contributed by atoms with Gasteiger partial charge in [-0.3, -0.25) is 14.5 Å². The summed E-state index contributed by atoms with van der Waals surface area (Å²) in [5, 5.41) is 9.19. The molecule has 2 aromatic carbocycles. The third-order valence-electron chi connectivity index (χ3n) is 3.86. The van der Waals surface area contributed by atoms with Gasteiger partial charge in [0.2, 0.25) is 0 Å². The van der Waals surface area contributed by atoms with Crippen molar-refractivity contribution in [2.75, 3.05) is 4.90 Å². The molecule has 0 aromatic heterocycles. The van der Waals surface area contributed by atoms with E-state index in [-0.39, 0.29) is 11.5 Å². The van der Waals surface area contributed by atoms with Crippen molar-refractivity contribution in [3.8, 4) is 0 Å². The van der Waals surface area contributed by atoms with Crippen LogP contribution in [0.2, 0.25) is 0 Å². The van der Waals surface area contributed by atoms with Gasteiger partial charge in [-0.1, -0.05) is 54.3 Å². The van der Waals surface area contributed by atoms with Crippen LogP contribution >= 0.6 is 24.0 Å². The summed E-state index contributed by atoms with van der Waals surface area (Å²) >= 11 is 6.49. The molecule has 0 unspecified atom stereocenters. The lowest BCUT2D eigenvalue weighted by Gasteiger charge is -2.17. The molecular weight excluding hydrogens is 370 g/mol. The highest BCUT2D eigenvalue weighted by atomic mass is 32.2. The minimum absolute atomic E-state index is 0.0908. The maximum Gasteiger partial charge on any atom is 0.335 e. The summed E-state index contributed by atoms with van der Waals surface area (Å²) in [7, 11) is 0. The van der Waals surface area contributed by atoms with Crippen molar-refractivity contribution < 1.29 is 19.5 Å². The van der Waals surface area contributed by atoms with Gasteiger partial charge in [-0.2, -0.15) is 0 Å². The van der Waals surface area contributed by atoms with E-state index < -0.39 is 5.97 Å². The van der Waals surface area contributed by atoms with Crippen LogP contribution in [0.4, 0.5) is 5.69 Å². The number of anilines is 1. The van der Waals surface area contributed by atoms with Gasteiger partial charge in [0.1, 0.15) is 6.29 Å². The van der Waals surface area contributed by atoms with Crippen LogP contribution in [0, 0.1) is 6.92 Å². The monoisotopic (exact) mass is 383 g/mol. The summed E-state index contributed by atoms with van der Waals surface area (Å²) in [5.41, 5.74) is 2.63. The Morgan fingerprint density at radius 1 is 1.15 bits per heavy atom. The van der Waals surface area contributed by atoms with Crippen LogP contribution in [0.25, 0.3) is 6.08 Å². The first kappa shape index (κ1) is 18.0. The second-order valence-electron chi connectivity index (χ2n) is 5.61. The molecule has 7 heteroatoms. The Morgan fingerprint density at radius 3 is 2.42 bits per heavy atom. The van der Waals surface area contributed by atoms with E-state index in [1.165, 1.54) is 17.0 Å². The summed E-state index contributed by atoms with van der Waals surface area (Å²) < 4.78 is 0.344. The van der Waals surface area contributed by atoms with E-state index in [2.05, 4.69) is 0 Å². The van der Waals surface area contributed by atoms with E-state index in [0.717, 1.165) is 29.2 Å². The molecule has 3 rings (SSSR count). The first-order valence-electron chi connectivity index (χ1n) is 7.58. The molecule has 1 aliphatic rings. The van der Waals surface area contributed by atoms with Gasteiger partial charge in [0.15, 0.2) is 4.32 Å². The predicted molar refractivity (Wildman–Crippen MR) is 106 cm³/mol. The standard InChI is InChI=1S/C19H13NO4S2/c1-11-2-7-14(18(23)24)9-15(11)20-17(22)16(26-19(20)25)8-12-3-5-13(10-21)6-4-12/h2-10H,1H3,(H,23,24)/b16-8+. The largest absolute Gasteiger partial charge is 0.478 e. The summed E-state index contributed by atoms with van der Waals surface area (Å²) in [4.78, 5) is 36.6. The molecule has 0 saturated carbocycles. The number of benzene rings is 2. The molecule has 5 nitrogen and oxygen atoms in total. The lowest BCUT2D eigenvalue weighted by atomic mass is 10.1. The second kappa shape index (κ2) is 7.23. The Bertz CT molecular complexity index is 964. The third kappa shape index (κ3) is 3.44. The molecule has 1 N–H and O–H groups in total. The van der Waals surface area contributed by atoms with Crippen LogP contribution in [0.15, 0.2) is 47.4 Å². The van der Waals surface area contributed by atoms with E-state index in [1.54, 1.807) is 43.3 Å². The molecular formula is C19H13NO4S2. The van der Waals surface area contributed by atoms with E-state index in [0.29, 0.717) is 20.5 Å². The SMILES string of the molecule is Cc1ccc(C(=O)O)cc1N1C(=O)/C(=C\c2ccc(C=O)cc2)SC1=S. The fraction of sp³-hybridized carbons (Fsp3) is 0.0526. The molecule has 1 saturated heterocycles. The zero-order chi connectivity index (χ0) is 18.8. The number of nitrogens with zero attached hydrogens (tertiary/aromatic N) is 1. The second-order valence-corrected chi connectivity index (χ2v) is 7.28. The van der Waals surface area contributed by atoms with Crippen molar-refractivity contribution in [1.82, 2.24) is 0 Å². The molecule has 1 heterocycles. The van der Waals surface area contributed by atoms with Gasteiger partial charge in [0.05, 0.1) is 16.2 Å². The summed E-state index contributed by atoms with van der Waals surface area (Å²) in [6.45, 7) is 1.79. The zero-order valence-corrected chi connectivity index (χ0v) is 15.3. The lowest BCUT2D eigenvalue weighted by Crippen LogP contribution is -2.28. The van der Waals surface area contributed by atoms with Crippen molar-refractivity contribution >= 4 is 58.2 Å². The van der Waals surface area contributed by atoms with Gasteiger partial charge in [-0.05, 0) is 36.3 Å². The molecule has 2 aromatic rings. The average Bonchev–Trinajstić information content (AvgIpc) is 2.89. The molecule has 0 spiro atoms. The zero-order valence-electron chi connectivity index (χ0n) is 13.6. The number of hydrogen-bond acceptors (Lipinski definition) is 5. The van der Waals surface area contributed by atoms with Gasteiger partial charge in [-0.25, -0.2) is 4.79 Å². The van der Waals surface area contributed by atoms with Crippen molar-refractivity contribution in [2.45, 2.75) is 6.92 Å². The van der Waals surface area contributed by atoms with Gasteiger partial charge in [-0.15, -0.1) is 0 Å². The molecule has 1 aliphatic heterocycles. The Morgan fingerprint density at radius 2 is 1.81 bits per heavy atom. The normalized spacial score (nSPS) is 15.6. The van der Waals surface area contributed by atoms with E-state index in [1.807, 2.05) is 0 Å². The van der Waals surface area contributed by atoms with Crippen LogP contribution in [-0.2, 0) is 4.79 Å². The number of hydrogen-bond donors (Lipinski definition) is 1. The number of amides is 1. The van der Waals surface area contributed by atoms with Crippen LogP contribution in [0.3, 0.4) is 0 Å². The Kier molecular flexibility index (Phi) is 5.01. The van der Waals surface area contributed by atoms with E-state index in [9.17, 15) is 19.5 Å². The van der Waals surface area contributed by atoms with Crippen LogP contribution in [0.1, 0.15) is 31.8 Å². The Balaban J connectivity index is 1.96. The number of rotatable bonds is 4. The van der Waals surface area contributed by atoms with Crippen LogP contribution < -0.4 is 4.90 Å². The van der Waals surface area contributed by atoms with Crippen molar-refractivity contribution in [3.05, 3.63) is 69.6 Å².